The van der Waals surface area contributed by atoms with Gasteiger partial charge in [-0.15, -0.1) is 0 Å². The molecule has 2 atom stereocenters. The van der Waals surface area contributed by atoms with Crippen LogP contribution in [0.25, 0.3) is 0 Å². The third kappa shape index (κ3) is 4.64. The van der Waals surface area contributed by atoms with Crippen LogP contribution in [-0.4, -0.2) is 0 Å². The monoisotopic (exact) mass is 194 g/mol. The molecule has 0 heterocycles. The molecule has 14 heavy (non-hydrogen) atoms. The van der Waals surface area contributed by atoms with Gasteiger partial charge in [0, 0.05) is 0 Å². The van der Waals surface area contributed by atoms with Gasteiger partial charge in [-0.25, -0.2) is 0 Å². The Morgan fingerprint density at radius 1 is 0.929 bits per heavy atom. The molecule has 0 aliphatic carbocycles. The summed E-state index contributed by atoms with van der Waals surface area (Å²) in [6.07, 6.45) is 4.49. The molecule has 0 saturated carbocycles. The predicted molar refractivity (Wildman–Crippen MR) is 66.3 cm³/mol. The molecule has 0 aliphatic heterocycles. The van der Waals surface area contributed by atoms with E-state index in [2.05, 4.69) is 60.3 Å². The Morgan fingerprint density at radius 2 is 1.43 bits per heavy atom. The molecule has 0 nitrogen and oxygen atoms in total. The van der Waals surface area contributed by atoms with Crippen LogP contribution in [-0.2, 0) is 0 Å². The summed E-state index contributed by atoms with van der Waals surface area (Å²) in [5.41, 5.74) is 1.26. The van der Waals surface area contributed by atoms with Crippen molar-refractivity contribution in [3.8, 4) is 0 Å². The third-order valence-electron chi connectivity index (χ3n) is 3.25. The second-order valence-electron chi connectivity index (χ2n) is 5.07. The van der Waals surface area contributed by atoms with Gasteiger partial charge in [0.2, 0.25) is 0 Å². The number of allylic oxidation sites excluding steroid dienone is 3. The van der Waals surface area contributed by atoms with Crippen LogP contribution in [0.2, 0.25) is 0 Å². The maximum Gasteiger partial charge on any atom is -0.0173 e. The molecule has 0 bridgehead atoms. The lowest BCUT2D eigenvalue weighted by molar-refractivity contribution is 0.484. The van der Waals surface area contributed by atoms with Gasteiger partial charge in [0.25, 0.3) is 0 Å². The van der Waals surface area contributed by atoms with Gasteiger partial charge in [0.1, 0.15) is 0 Å². The Balaban J connectivity index is 4.18. The number of hydrogen-bond donors (Lipinski definition) is 0. The minimum atomic E-state index is 0.589. The molecule has 0 heteroatoms. The average Bonchev–Trinajstić information content (AvgIpc) is 2.11. The van der Waals surface area contributed by atoms with Gasteiger partial charge >= 0.3 is 0 Å². The van der Waals surface area contributed by atoms with Crippen molar-refractivity contribution < 1.29 is 0 Å². The maximum absolute atomic E-state index is 4.12. The van der Waals surface area contributed by atoms with Gasteiger partial charge in [-0.05, 0) is 23.7 Å². The maximum atomic E-state index is 4.12. The molecule has 0 aromatic carbocycles. The fourth-order valence-electron chi connectivity index (χ4n) is 1.08. The molecule has 82 valence electrons. The predicted octanol–water partition coefficient (Wildman–Crippen LogP) is 4.68. The van der Waals surface area contributed by atoms with Gasteiger partial charge in [-0.3, -0.25) is 0 Å². The van der Waals surface area contributed by atoms with Gasteiger partial charge in [-0.2, -0.15) is 0 Å². The van der Waals surface area contributed by atoms with Crippen LogP contribution in [0.3, 0.4) is 0 Å². The molecule has 0 rings (SSSR count). The molecule has 0 fully saturated rings. The van der Waals surface area contributed by atoms with E-state index in [9.17, 15) is 0 Å². The second-order valence-corrected chi connectivity index (χ2v) is 5.07. The lowest BCUT2D eigenvalue weighted by Gasteiger charge is -2.16. The minimum absolute atomic E-state index is 0.589. The van der Waals surface area contributed by atoms with E-state index in [1.165, 1.54) is 5.57 Å². The van der Waals surface area contributed by atoms with E-state index in [4.69, 9.17) is 0 Å². The van der Waals surface area contributed by atoms with E-state index in [0.29, 0.717) is 23.7 Å². The first-order chi connectivity index (χ1) is 6.36. The lowest BCUT2D eigenvalue weighted by atomic mass is 9.89. The first-order valence-electron chi connectivity index (χ1n) is 5.73. The van der Waals surface area contributed by atoms with Crippen LogP contribution in [0.5, 0.6) is 0 Å². The molecular formula is C14H26. The van der Waals surface area contributed by atoms with E-state index in [0.717, 1.165) is 0 Å². The first-order valence-corrected chi connectivity index (χ1v) is 5.73. The summed E-state index contributed by atoms with van der Waals surface area (Å²) in [5.74, 6) is 2.63. The molecular weight excluding hydrogens is 168 g/mol. The Hall–Kier alpha value is -0.520. The van der Waals surface area contributed by atoms with Crippen molar-refractivity contribution in [2.75, 3.05) is 0 Å². The summed E-state index contributed by atoms with van der Waals surface area (Å²) in [5, 5.41) is 0. The largest absolute Gasteiger partial charge is 0.0956 e. The van der Waals surface area contributed by atoms with Crippen molar-refractivity contribution in [3.05, 3.63) is 24.3 Å². The zero-order valence-electron chi connectivity index (χ0n) is 10.7. The molecule has 0 radical (unpaired) electrons. The number of rotatable bonds is 5. The summed E-state index contributed by atoms with van der Waals surface area (Å²) in [4.78, 5) is 0. The van der Waals surface area contributed by atoms with Gasteiger partial charge in [-0.1, -0.05) is 65.8 Å². The van der Waals surface area contributed by atoms with Crippen LogP contribution >= 0.6 is 0 Å². The Labute approximate surface area is 90.1 Å². The summed E-state index contributed by atoms with van der Waals surface area (Å²) in [7, 11) is 0. The van der Waals surface area contributed by atoms with E-state index in [-0.39, 0.29) is 0 Å². The fourth-order valence-corrected chi connectivity index (χ4v) is 1.08. The van der Waals surface area contributed by atoms with Crippen LogP contribution in [0, 0.1) is 23.7 Å². The highest BCUT2D eigenvalue weighted by molar-refractivity contribution is 5.18. The van der Waals surface area contributed by atoms with Crippen molar-refractivity contribution in [1.82, 2.24) is 0 Å². The highest BCUT2D eigenvalue weighted by atomic mass is 14.1. The summed E-state index contributed by atoms with van der Waals surface area (Å²) < 4.78 is 0. The molecule has 0 aromatic rings. The lowest BCUT2D eigenvalue weighted by Crippen LogP contribution is -2.06. The Morgan fingerprint density at radius 3 is 1.79 bits per heavy atom. The van der Waals surface area contributed by atoms with E-state index < -0.39 is 0 Å². The first kappa shape index (κ1) is 13.5. The van der Waals surface area contributed by atoms with Gasteiger partial charge in [0.15, 0.2) is 0 Å². The van der Waals surface area contributed by atoms with Crippen LogP contribution < -0.4 is 0 Å². The minimum Gasteiger partial charge on any atom is -0.0956 e. The molecule has 0 spiro atoms. The quantitative estimate of drug-likeness (QED) is 0.557. The van der Waals surface area contributed by atoms with Crippen LogP contribution in [0.4, 0.5) is 0 Å². The van der Waals surface area contributed by atoms with Crippen molar-refractivity contribution in [2.24, 2.45) is 23.7 Å². The van der Waals surface area contributed by atoms with Crippen molar-refractivity contribution >= 4 is 0 Å². The average molecular weight is 194 g/mol. The van der Waals surface area contributed by atoms with Crippen LogP contribution in [0.15, 0.2) is 24.3 Å². The molecule has 0 aliphatic rings. The normalized spacial score (nSPS) is 16.6. The zero-order valence-corrected chi connectivity index (χ0v) is 10.7. The van der Waals surface area contributed by atoms with Gasteiger partial charge < -0.3 is 0 Å². The third-order valence-corrected chi connectivity index (χ3v) is 3.25. The zero-order chi connectivity index (χ0) is 11.3. The highest BCUT2D eigenvalue weighted by Crippen LogP contribution is 2.20. The SMILES string of the molecule is C=C(C=CC(C)C(C)C)C(C)C(C)C. The topological polar surface area (TPSA) is 0 Å². The van der Waals surface area contributed by atoms with E-state index in [1.54, 1.807) is 0 Å². The standard InChI is InChI=1S/C14H26/c1-10(2)12(5)8-9-13(6)14(7)11(3)4/h8-12,14H,6H2,1-5,7H3. The fraction of sp³-hybridized carbons (Fsp3) is 0.714. The van der Waals surface area contributed by atoms with Crippen LogP contribution in [0.1, 0.15) is 41.5 Å². The van der Waals surface area contributed by atoms with E-state index >= 15 is 0 Å². The Kier molecular flexibility index (Phi) is 5.83. The van der Waals surface area contributed by atoms with Gasteiger partial charge in [0.05, 0.1) is 0 Å². The summed E-state index contributed by atoms with van der Waals surface area (Å²) in [6, 6.07) is 0. The summed E-state index contributed by atoms with van der Waals surface area (Å²) >= 11 is 0. The van der Waals surface area contributed by atoms with E-state index in [1.807, 2.05) is 0 Å². The molecule has 0 amide bonds. The highest BCUT2D eigenvalue weighted by Gasteiger charge is 2.09. The molecule has 2 unspecified atom stereocenters. The Bertz CT molecular complexity index is 196. The summed E-state index contributed by atoms with van der Waals surface area (Å²) in [6.45, 7) is 17.6. The smallest absolute Gasteiger partial charge is 0.0173 e. The molecule has 0 N–H and O–H groups in total. The molecule has 0 aromatic heterocycles. The number of hydrogen-bond acceptors (Lipinski definition) is 0. The van der Waals surface area contributed by atoms with Crippen molar-refractivity contribution in [1.29, 1.82) is 0 Å². The molecule has 0 saturated heterocycles. The van der Waals surface area contributed by atoms with Crippen molar-refractivity contribution in [2.45, 2.75) is 41.5 Å². The van der Waals surface area contributed by atoms with Crippen molar-refractivity contribution in [3.63, 3.8) is 0 Å². The second kappa shape index (κ2) is 6.06.